The first-order valence-corrected chi connectivity index (χ1v) is 5.29. The van der Waals surface area contributed by atoms with Crippen molar-refractivity contribution in [3.8, 4) is 0 Å². The van der Waals surface area contributed by atoms with Crippen molar-refractivity contribution in [3.05, 3.63) is 0 Å². The molecule has 2 aliphatic rings. The summed E-state index contributed by atoms with van der Waals surface area (Å²) in [4.78, 5) is 24.7. The Balaban J connectivity index is 2.25. The van der Waals surface area contributed by atoms with Crippen molar-refractivity contribution in [2.24, 2.45) is 5.92 Å². The van der Waals surface area contributed by atoms with Gasteiger partial charge >= 0.3 is 5.97 Å². The Labute approximate surface area is 88.4 Å². The molecule has 2 saturated heterocycles. The molecule has 2 fully saturated rings. The molecule has 5 nitrogen and oxygen atoms in total. The number of hydrogen-bond acceptors (Lipinski definition) is 3. The van der Waals surface area contributed by atoms with Gasteiger partial charge in [0.15, 0.2) is 0 Å². The van der Waals surface area contributed by atoms with E-state index in [4.69, 9.17) is 0 Å². The third kappa shape index (κ3) is 1.61. The number of piperidine rings is 1. The molecule has 2 aliphatic heterocycles. The third-order valence-electron chi connectivity index (χ3n) is 3.57. The first-order chi connectivity index (χ1) is 7.04. The fourth-order valence-electron chi connectivity index (χ4n) is 2.79. The van der Waals surface area contributed by atoms with Crippen molar-refractivity contribution in [2.45, 2.75) is 25.3 Å². The maximum atomic E-state index is 11.4. The van der Waals surface area contributed by atoms with Crippen LogP contribution in [0.25, 0.3) is 0 Å². The molecule has 2 heterocycles. The van der Waals surface area contributed by atoms with Crippen molar-refractivity contribution in [1.29, 1.82) is 0 Å². The van der Waals surface area contributed by atoms with Gasteiger partial charge in [0.2, 0.25) is 5.91 Å². The minimum atomic E-state index is -1.02. The highest BCUT2D eigenvalue weighted by molar-refractivity contribution is 5.86. The molecule has 0 aromatic rings. The van der Waals surface area contributed by atoms with E-state index in [0.717, 1.165) is 26.1 Å². The van der Waals surface area contributed by atoms with Crippen LogP contribution in [0.15, 0.2) is 0 Å². The van der Waals surface area contributed by atoms with E-state index in [9.17, 15) is 14.7 Å². The fraction of sp³-hybridized carbons (Fsp3) is 0.800. The standard InChI is InChI=1S/C10H16N2O3/c1-7(13)11-10(9(14)15)3-5-12-4-2-8(10)6-12/h8H,2-6H2,1H3,(H,11,13)(H,14,15). The van der Waals surface area contributed by atoms with Crippen LogP contribution in [0.2, 0.25) is 0 Å². The van der Waals surface area contributed by atoms with E-state index in [0.29, 0.717) is 6.42 Å². The first-order valence-electron chi connectivity index (χ1n) is 5.29. The lowest BCUT2D eigenvalue weighted by molar-refractivity contribution is -0.151. The van der Waals surface area contributed by atoms with Crippen LogP contribution in [0, 0.1) is 5.92 Å². The Morgan fingerprint density at radius 2 is 2.20 bits per heavy atom. The van der Waals surface area contributed by atoms with Gasteiger partial charge in [-0.05, 0) is 19.4 Å². The summed E-state index contributed by atoms with van der Waals surface area (Å²) in [6.45, 7) is 3.90. The summed E-state index contributed by atoms with van der Waals surface area (Å²) >= 11 is 0. The minimum Gasteiger partial charge on any atom is -0.479 e. The third-order valence-corrected chi connectivity index (χ3v) is 3.57. The van der Waals surface area contributed by atoms with Gasteiger partial charge in [0.05, 0.1) is 0 Å². The summed E-state index contributed by atoms with van der Waals surface area (Å²) in [6, 6.07) is 0. The lowest BCUT2D eigenvalue weighted by Gasteiger charge is -2.39. The number of rotatable bonds is 2. The molecule has 2 bridgehead atoms. The molecule has 3 unspecified atom stereocenters. The van der Waals surface area contributed by atoms with E-state index in [1.54, 1.807) is 0 Å². The van der Waals surface area contributed by atoms with Gasteiger partial charge in [0.1, 0.15) is 5.54 Å². The first kappa shape index (κ1) is 10.4. The van der Waals surface area contributed by atoms with Crippen molar-refractivity contribution < 1.29 is 14.7 Å². The Kier molecular flexibility index (Phi) is 2.42. The molecule has 0 radical (unpaired) electrons. The van der Waals surface area contributed by atoms with E-state index >= 15 is 0 Å². The highest BCUT2D eigenvalue weighted by Gasteiger charge is 2.52. The van der Waals surface area contributed by atoms with Crippen LogP contribution >= 0.6 is 0 Å². The number of carbonyl (C=O) groups is 2. The topological polar surface area (TPSA) is 69.6 Å². The van der Waals surface area contributed by atoms with E-state index in [2.05, 4.69) is 10.2 Å². The summed E-state index contributed by atoms with van der Waals surface area (Å²) in [5, 5.41) is 12.0. The van der Waals surface area contributed by atoms with Crippen molar-refractivity contribution in [3.63, 3.8) is 0 Å². The second-order valence-electron chi connectivity index (χ2n) is 4.49. The Morgan fingerprint density at radius 3 is 2.80 bits per heavy atom. The summed E-state index contributed by atoms with van der Waals surface area (Å²) < 4.78 is 0. The summed E-state index contributed by atoms with van der Waals surface area (Å²) in [6.07, 6.45) is 1.39. The molecular formula is C10H16N2O3. The molecule has 0 spiro atoms. The van der Waals surface area contributed by atoms with Crippen LogP contribution in [0.3, 0.4) is 0 Å². The Hall–Kier alpha value is -1.10. The molecule has 3 atom stereocenters. The van der Waals surface area contributed by atoms with Gasteiger partial charge in [-0.15, -0.1) is 0 Å². The van der Waals surface area contributed by atoms with Crippen LogP contribution in [0.4, 0.5) is 0 Å². The monoisotopic (exact) mass is 212 g/mol. The summed E-state index contributed by atoms with van der Waals surface area (Å²) in [5.41, 5.74) is -1.02. The number of carbonyl (C=O) groups excluding carboxylic acids is 1. The van der Waals surface area contributed by atoms with Crippen molar-refractivity contribution in [1.82, 2.24) is 10.2 Å². The summed E-state index contributed by atoms with van der Waals surface area (Å²) in [5.74, 6) is -1.07. The predicted molar refractivity (Wildman–Crippen MR) is 53.3 cm³/mol. The zero-order chi connectivity index (χ0) is 11.1. The van der Waals surface area contributed by atoms with E-state index in [1.165, 1.54) is 6.92 Å². The van der Waals surface area contributed by atoms with Crippen LogP contribution in [-0.4, -0.2) is 47.1 Å². The highest BCUT2D eigenvalue weighted by Crippen LogP contribution is 2.35. The zero-order valence-corrected chi connectivity index (χ0v) is 8.82. The van der Waals surface area contributed by atoms with Gasteiger partial charge in [-0.1, -0.05) is 0 Å². The molecule has 5 heteroatoms. The second kappa shape index (κ2) is 3.48. The Bertz CT molecular complexity index is 305. The van der Waals surface area contributed by atoms with Gasteiger partial charge in [0.25, 0.3) is 0 Å². The number of carboxylic acids is 1. The van der Waals surface area contributed by atoms with Gasteiger partial charge in [0, 0.05) is 25.9 Å². The Morgan fingerprint density at radius 1 is 1.47 bits per heavy atom. The number of fused-ring (bicyclic) bond motifs is 2. The number of carboxylic acid groups (broad SMARTS) is 1. The molecule has 84 valence electrons. The van der Waals surface area contributed by atoms with E-state index in [1.807, 2.05) is 0 Å². The van der Waals surface area contributed by atoms with Crippen LogP contribution in [0.5, 0.6) is 0 Å². The summed E-state index contributed by atoms with van der Waals surface area (Å²) in [7, 11) is 0. The lowest BCUT2D eigenvalue weighted by atomic mass is 9.78. The van der Waals surface area contributed by atoms with Crippen LogP contribution in [0.1, 0.15) is 19.8 Å². The normalized spacial score (nSPS) is 38.7. The SMILES string of the molecule is CC(=O)NC1(C(=O)O)CCN2CCC1C2. The lowest BCUT2D eigenvalue weighted by Crippen LogP contribution is -2.62. The predicted octanol–water partition coefficient (Wildman–Crippen LogP) is -0.328. The van der Waals surface area contributed by atoms with E-state index in [-0.39, 0.29) is 11.8 Å². The number of hydrogen-bond donors (Lipinski definition) is 2. The molecule has 0 aliphatic carbocycles. The van der Waals surface area contributed by atoms with Gasteiger partial charge in [-0.25, -0.2) is 4.79 Å². The largest absolute Gasteiger partial charge is 0.479 e. The van der Waals surface area contributed by atoms with E-state index < -0.39 is 11.5 Å². The van der Waals surface area contributed by atoms with Crippen molar-refractivity contribution >= 4 is 11.9 Å². The highest BCUT2D eigenvalue weighted by atomic mass is 16.4. The molecular weight excluding hydrogens is 196 g/mol. The maximum Gasteiger partial charge on any atom is 0.329 e. The molecule has 1 amide bonds. The smallest absolute Gasteiger partial charge is 0.329 e. The minimum absolute atomic E-state index is 0.0626. The molecule has 15 heavy (non-hydrogen) atoms. The van der Waals surface area contributed by atoms with Crippen LogP contribution in [-0.2, 0) is 9.59 Å². The number of nitrogens with one attached hydrogen (secondary N) is 1. The molecule has 2 N–H and O–H groups in total. The van der Waals surface area contributed by atoms with Gasteiger partial charge in [-0.3, -0.25) is 4.79 Å². The zero-order valence-electron chi connectivity index (χ0n) is 8.82. The molecule has 0 saturated carbocycles. The quantitative estimate of drug-likeness (QED) is 0.657. The maximum absolute atomic E-state index is 11.4. The second-order valence-corrected chi connectivity index (χ2v) is 4.49. The molecule has 0 aromatic heterocycles. The fourth-order valence-corrected chi connectivity index (χ4v) is 2.79. The van der Waals surface area contributed by atoms with Crippen LogP contribution < -0.4 is 5.32 Å². The van der Waals surface area contributed by atoms with Crippen molar-refractivity contribution in [2.75, 3.05) is 19.6 Å². The number of nitrogens with zero attached hydrogens (tertiary/aromatic N) is 1. The average molecular weight is 212 g/mol. The van der Waals surface area contributed by atoms with Gasteiger partial charge < -0.3 is 15.3 Å². The molecule has 0 aromatic carbocycles. The number of aliphatic carboxylic acids is 1. The average Bonchev–Trinajstić information content (AvgIpc) is 2.54. The molecule has 2 rings (SSSR count). The number of amides is 1. The van der Waals surface area contributed by atoms with Gasteiger partial charge in [-0.2, -0.15) is 0 Å².